The van der Waals surface area contributed by atoms with Crippen molar-refractivity contribution in [2.45, 2.75) is 20.3 Å². The lowest BCUT2D eigenvalue weighted by molar-refractivity contribution is 0.149. The summed E-state index contributed by atoms with van der Waals surface area (Å²) < 4.78 is 4.59. The monoisotopic (exact) mass is 174 g/mol. The van der Waals surface area contributed by atoms with Crippen molar-refractivity contribution in [3.63, 3.8) is 0 Å². The van der Waals surface area contributed by atoms with Gasteiger partial charge in [0.1, 0.15) is 0 Å². The van der Waals surface area contributed by atoms with Crippen LogP contribution < -0.4 is 5.73 Å². The van der Waals surface area contributed by atoms with E-state index in [1.54, 1.807) is 0 Å². The zero-order valence-corrected chi connectivity index (χ0v) is 7.88. The minimum absolute atomic E-state index is 0.422. The standard InChI is InChI=1S/C8H18N2O2/c1-3-10(4-2)6-5-7-12-8(9)11/h3-7H2,1-2H3,(H2,9,11). The molecule has 0 aromatic rings. The Morgan fingerprint density at radius 1 is 1.42 bits per heavy atom. The highest BCUT2D eigenvalue weighted by Gasteiger charge is 1.98. The first kappa shape index (κ1) is 11.2. The van der Waals surface area contributed by atoms with Gasteiger partial charge in [0.25, 0.3) is 0 Å². The van der Waals surface area contributed by atoms with E-state index in [0.29, 0.717) is 6.61 Å². The van der Waals surface area contributed by atoms with Crippen LogP contribution >= 0.6 is 0 Å². The van der Waals surface area contributed by atoms with Crippen LogP contribution in [0.1, 0.15) is 20.3 Å². The highest BCUT2D eigenvalue weighted by atomic mass is 16.5. The van der Waals surface area contributed by atoms with Gasteiger partial charge in [0.15, 0.2) is 0 Å². The van der Waals surface area contributed by atoms with Crippen molar-refractivity contribution >= 4 is 6.09 Å². The maximum Gasteiger partial charge on any atom is 0.404 e. The Hall–Kier alpha value is -0.770. The second-order valence-corrected chi connectivity index (χ2v) is 2.55. The summed E-state index contributed by atoms with van der Waals surface area (Å²) in [6.45, 7) is 7.67. The maximum atomic E-state index is 10.2. The Bertz CT molecular complexity index is 124. The zero-order chi connectivity index (χ0) is 9.40. The predicted octanol–water partition coefficient (Wildman–Crippen LogP) is 0.814. The Morgan fingerprint density at radius 3 is 2.42 bits per heavy atom. The number of ether oxygens (including phenoxy) is 1. The topological polar surface area (TPSA) is 55.6 Å². The number of nitrogens with zero attached hydrogens (tertiary/aromatic N) is 1. The molecule has 0 atom stereocenters. The Kier molecular flexibility index (Phi) is 6.47. The molecular formula is C8H18N2O2. The van der Waals surface area contributed by atoms with Crippen molar-refractivity contribution < 1.29 is 9.53 Å². The quantitative estimate of drug-likeness (QED) is 0.606. The van der Waals surface area contributed by atoms with Crippen LogP contribution in [-0.4, -0.2) is 37.2 Å². The second-order valence-electron chi connectivity index (χ2n) is 2.55. The van der Waals surface area contributed by atoms with Gasteiger partial charge in [0, 0.05) is 6.54 Å². The summed E-state index contributed by atoms with van der Waals surface area (Å²) in [5.74, 6) is 0. The van der Waals surface area contributed by atoms with Crippen LogP contribution in [0, 0.1) is 0 Å². The molecule has 72 valence electrons. The van der Waals surface area contributed by atoms with Gasteiger partial charge in [-0.15, -0.1) is 0 Å². The third-order valence-corrected chi connectivity index (χ3v) is 1.76. The Labute approximate surface area is 73.7 Å². The van der Waals surface area contributed by atoms with Gasteiger partial charge in [-0.25, -0.2) is 4.79 Å². The Morgan fingerprint density at radius 2 is 2.00 bits per heavy atom. The van der Waals surface area contributed by atoms with E-state index in [9.17, 15) is 4.79 Å². The fraction of sp³-hybridized carbons (Fsp3) is 0.875. The van der Waals surface area contributed by atoms with Gasteiger partial charge >= 0.3 is 6.09 Å². The highest BCUT2D eigenvalue weighted by Crippen LogP contribution is 1.90. The molecule has 1 amide bonds. The third-order valence-electron chi connectivity index (χ3n) is 1.76. The van der Waals surface area contributed by atoms with Crippen molar-refractivity contribution in [2.75, 3.05) is 26.2 Å². The van der Waals surface area contributed by atoms with Gasteiger partial charge in [-0.1, -0.05) is 13.8 Å². The molecule has 0 aromatic carbocycles. The third kappa shape index (κ3) is 5.97. The predicted molar refractivity (Wildman–Crippen MR) is 47.9 cm³/mol. The molecule has 0 heterocycles. The average molecular weight is 174 g/mol. The Balaban J connectivity index is 3.23. The van der Waals surface area contributed by atoms with Crippen molar-refractivity contribution in [1.82, 2.24) is 4.90 Å². The van der Waals surface area contributed by atoms with E-state index in [1.807, 2.05) is 0 Å². The lowest BCUT2D eigenvalue weighted by Crippen LogP contribution is -2.25. The fourth-order valence-electron chi connectivity index (χ4n) is 1.00. The molecule has 4 heteroatoms. The molecule has 0 bridgehead atoms. The van der Waals surface area contributed by atoms with Gasteiger partial charge in [-0.05, 0) is 19.5 Å². The summed E-state index contributed by atoms with van der Waals surface area (Å²) in [6, 6.07) is 0. The number of carbonyl (C=O) groups excluding carboxylic acids is 1. The highest BCUT2D eigenvalue weighted by molar-refractivity contribution is 5.64. The van der Waals surface area contributed by atoms with Gasteiger partial charge in [0.05, 0.1) is 6.61 Å². The molecular weight excluding hydrogens is 156 g/mol. The number of primary amides is 1. The van der Waals surface area contributed by atoms with Crippen LogP contribution in [0.15, 0.2) is 0 Å². The van der Waals surface area contributed by atoms with E-state index >= 15 is 0 Å². The van der Waals surface area contributed by atoms with Gasteiger partial charge in [-0.2, -0.15) is 0 Å². The number of hydrogen-bond acceptors (Lipinski definition) is 3. The normalized spacial score (nSPS) is 10.2. The maximum absolute atomic E-state index is 10.2. The first-order valence-electron chi connectivity index (χ1n) is 4.35. The van der Waals surface area contributed by atoms with Crippen molar-refractivity contribution in [1.29, 1.82) is 0 Å². The van der Waals surface area contributed by atoms with Gasteiger partial charge in [0.2, 0.25) is 0 Å². The molecule has 0 aliphatic heterocycles. The zero-order valence-electron chi connectivity index (χ0n) is 7.88. The van der Waals surface area contributed by atoms with Crippen LogP contribution in [0.5, 0.6) is 0 Å². The van der Waals surface area contributed by atoms with Crippen LogP contribution in [-0.2, 0) is 4.74 Å². The molecule has 4 nitrogen and oxygen atoms in total. The summed E-state index contributed by atoms with van der Waals surface area (Å²) in [5, 5.41) is 0. The molecule has 0 radical (unpaired) electrons. The molecule has 12 heavy (non-hydrogen) atoms. The van der Waals surface area contributed by atoms with Crippen LogP contribution in [0.25, 0.3) is 0 Å². The lowest BCUT2D eigenvalue weighted by atomic mass is 10.4. The first-order chi connectivity index (χ1) is 5.70. The molecule has 0 fully saturated rings. The summed E-state index contributed by atoms with van der Waals surface area (Å²) in [5.41, 5.74) is 4.80. The van der Waals surface area contributed by atoms with Crippen molar-refractivity contribution in [3.8, 4) is 0 Å². The minimum atomic E-state index is -0.686. The molecule has 0 aliphatic rings. The average Bonchev–Trinajstić information content (AvgIpc) is 2.04. The number of rotatable bonds is 6. The SMILES string of the molecule is CCN(CC)CCCOC(N)=O. The summed E-state index contributed by atoms with van der Waals surface area (Å²) >= 11 is 0. The summed E-state index contributed by atoms with van der Waals surface area (Å²) in [4.78, 5) is 12.4. The summed E-state index contributed by atoms with van der Waals surface area (Å²) in [6.07, 6.45) is 0.166. The number of hydrogen-bond donors (Lipinski definition) is 1. The second kappa shape index (κ2) is 6.91. The molecule has 0 rings (SSSR count). The van der Waals surface area contributed by atoms with E-state index in [-0.39, 0.29) is 0 Å². The van der Waals surface area contributed by atoms with Gasteiger partial charge < -0.3 is 15.4 Å². The van der Waals surface area contributed by atoms with E-state index in [0.717, 1.165) is 26.1 Å². The van der Waals surface area contributed by atoms with Crippen molar-refractivity contribution in [2.24, 2.45) is 5.73 Å². The van der Waals surface area contributed by atoms with E-state index in [2.05, 4.69) is 23.5 Å². The fourth-order valence-corrected chi connectivity index (χ4v) is 1.00. The van der Waals surface area contributed by atoms with E-state index in [4.69, 9.17) is 5.73 Å². The molecule has 2 N–H and O–H groups in total. The van der Waals surface area contributed by atoms with Crippen molar-refractivity contribution in [3.05, 3.63) is 0 Å². The van der Waals surface area contributed by atoms with E-state index in [1.165, 1.54) is 0 Å². The first-order valence-corrected chi connectivity index (χ1v) is 4.35. The number of nitrogens with two attached hydrogens (primary N) is 1. The summed E-state index contributed by atoms with van der Waals surface area (Å²) in [7, 11) is 0. The smallest absolute Gasteiger partial charge is 0.404 e. The lowest BCUT2D eigenvalue weighted by Gasteiger charge is -2.17. The number of carbonyl (C=O) groups is 1. The van der Waals surface area contributed by atoms with Gasteiger partial charge in [-0.3, -0.25) is 0 Å². The molecule has 0 saturated heterocycles. The molecule has 0 saturated carbocycles. The molecule has 0 aliphatic carbocycles. The molecule has 0 spiro atoms. The molecule has 0 unspecified atom stereocenters. The van der Waals surface area contributed by atoms with Crippen LogP contribution in [0.2, 0.25) is 0 Å². The molecule has 0 aromatic heterocycles. The van der Waals surface area contributed by atoms with E-state index < -0.39 is 6.09 Å². The van der Waals surface area contributed by atoms with Crippen LogP contribution in [0.4, 0.5) is 4.79 Å². The largest absolute Gasteiger partial charge is 0.450 e. The minimum Gasteiger partial charge on any atom is -0.450 e. The number of amides is 1. The van der Waals surface area contributed by atoms with Crippen LogP contribution in [0.3, 0.4) is 0 Å².